The van der Waals surface area contributed by atoms with E-state index in [1.807, 2.05) is 0 Å². The number of nitrogens with zero attached hydrogens (tertiary/aromatic N) is 3. The number of halogens is 1. The van der Waals surface area contributed by atoms with Crippen LogP contribution in [0, 0.1) is 0 Å². The number of urea groups is 1. The number of ether oxygens (including phenoxy) is 2. The summed E-state index contributed by atoms with van der Waals surface area (Å²) < 4.78 is 32.8. The zero-order valence-electron chi connectivity index (χ0n) is 10.2. The Morgan fingerprint density at radius 3 is 2.16 bits per heavy atom. The van der Waals surface area contributed by atoms with Gasteiger partial charge in [0, 0.05) is 17.7 Å². The molecule has 0 aliphatic heterocycles. The lowest BCUT2D eigenvalue weighted by molar-refractivity contribution is 0.252. The summed E-state index contributed by atoms with van der Waals surface area (Å²) in [5.41, 5.74) is 0. The van der Waals surface area contributed by atoms with Crippen LogP contribution >= 0.6 is 10.7 Å². The first kappa shape index (κ1) is 15.2. The SMILES string of the molecule is COc1cc(OC)nc(N(C)C(=O)NS(=O)(=O)Cl)n1. The van der Waals surface area contributed by atoms with Crippen molar-refractivity contribution in [1.29, 1.82) is 0 Å². The lowest BCUT2D eigenvalue weighted by Gasteiger charge is -2.15. The molecule has 1 aromatic heterocycles. The van der Waals surface area contributed by atoms with Crippen molar-refractivity contribution in [3.05, 3.63) is 6.07 Å². The van der Waals surface area contributed by atoms with Crippen molar-refractivity contribution in [2.24, 2.45) is 0 Å². The van der Waals surface area contributed by atoms with Crippen LogP contribution in [-0.2, 0) is 9.24 Å². The number of rotatable bonds is 4. The number of aromatic nitrogens is 2. The highest BCUT2D eigenvalue weighted by molar-refractivity contribution is 8.12. The molecule has 0 saturated heterocycles. The van der Waals surface area contributed by atoms with Crippen LogP contribution in [0.25, 0.3) is 0 Å². The van der Waals surface area contributed by atoms with Gasteiger partial charge in [0.05, 0.1) is 20.3 Å². The summed E-state index contributed by atoms with van der Waals surface area (Å²) in [6, 6.07) is 0.374. The molecular formula is C8H11ClN4O5S. The Hall–Kier alpha value is -1.81. The van der Waals surface area contributed by atoms with Crippen LogP contribution in [0.3, 0.4) is 0 Å². The summed E-state index contributed by atoms with van der Waals surface area (Å²) in [5, 5.41) is 0. The van der Waals surface area contributed by atoms with E-state index in [9.17, 15) is 13.2 Å². The van der Waals surface area contributed by atoms with Gasteiger partial charge in [-0.25, -0.2) is 9.52 Å². The van der Waals surface area contributed by atoms with Crippen molar-refractivity contribution in [2.45, 2.75) is 0 Å². The third-order valence-corrected chi connectivity index (χ3v) is 2.55. The molecule has 0 unspecified atom stereocenters. The molecule has 0 aliphatic rings. The Morgan fingerprint density at radius 2 is 1.79 bits per heavy atom. The minimum atomic E-state index is -4.19. The fraction of sp³-hybridized carbons (Fsp3) is 0.375. The molecule has 2 amide bonds. The van der Waals surface area contributed by atoms with Gasteiger partial charge in [0.15, 0.2) is 0 Å². The monoisotopic (exact) mass is 310 g/mol. The number of anilines is 1. The molecule has 106 valence electrons. The van der Waals surface area contributed by atoms with Gasteiger partial charge in [-0.1, -0.05) is 0 Å². The maximum Gasteiger partial charge on any atom is 0.338 e. The number of hydrogen-bond donors (Lipinski definition) is 1. The zero-order valence-corrected chi connectivity index (χ0v) is 11.8. The van der Waals surface area contributed by atoms with Crippen LogP contribution in [-0.4, -0.2) is 45.7 Å². The number of amides is 2. The highest BCUT2D eigenvalue weighted by atomic mass is 35.7. The van der Waals surface area contributed by atoms with Crippen LogP contribution < -0.4 is 19.1 Å². The van der Waals surface area contributed by atoms with E-state index in [0.29, 0.717) is 0 Å². The molecule has 0 radical (unpaired) electrons. The minimum Gasteiger partial charge on any atom is -0.481 e. The van der Waals surface area contributed by atoms with Crippen molar-refractivity contribution in [3.63, 3.8) is 0 Å². The van der Waals surface area contributed by atoms with E-state index in [0.717, 1.165) is 4.90 Å². The van der Waals surface area contributed by atoms with Gasteiger partial charge >= 0.3 is 15.3 Å². The fourth-order valence-corrected chi connectivity index (χ4v) is 1.56. The maximum atomic E-state index is 11.5. The van der Waals surface area contributed by atoms with Gasteiger partial charge in [-0.2, -0.15) is 18.4 Å². The second kappa shape index (κ2) is 5.89. The molecule has 0 fully saturated rings. The predicted octanol–water partition coefficient (Wildman–Crippen LogP) is 0.123. The van der Waals surface area contributed by atoms with E-state index in [1.165, 1.54) is 27.3 Å². The summed E-state index contributed by atoms with van der Waals surface area (Å²) in [5.74, 6) is 0.180. The minimum absolute atomic E-state index is 0.117. The summed E-state index contributed by atoms with van der Waals surface area (Å²) in [4.78, 5) is 20.1. The van der Waals surface area contributed by atoms with E-state index in [-0.39, 0.29) is 17.7 Å². The molecule has 0 aliphatic carbocycles. The van der Waals surface area contributed by atoms with Crippen molar-refractivity contribution in [2.75, 3.05) is 26.2 Å². The van der Waals surface area contributed by atoms with E-state index in [4.69, 9.17) is 20.2 Å². The fourth-order valence-electron chi connectivity index (χ4n) is 1.02. The Kier molecular flexibility index (Phi) is 4.72. The second-order valence-electron chi connectivity index (χ2n) is 3.16. The van der Waals surface area contributed by atoms with Crippen molar-refractivity contribution in [3.8, 4) is 11.8 Å². The van der Waals surface area contributed by atoms with Crippen molar-refractivity contribution in [1.82, 2.24) is 14.7 Å². The number of nitrogens with one attached hydrogen (secondary N) is 1. The average Bonchev–Trinajstić information content (AvgIpc) is 2.35. The molecule has 0 bridgehead atoms. The number of carbonyl (C=O) groups excluding carboxylic acids is 1. The molecule has 1 rings (SSSR count). The summed E-state index contributed by atoms with van der Waals surface area (Å²) in [6.07, 6.45) is 0. The van der Waals surface area contributed by atoms with Crippen molar-refractivity contribution >= 4 is 31.9 Å². The molecule has 0 spiro atoms. The molecule has 1 N–H and O–H groups in total. The van der Waals surface area contributed by atoms with E-state index < -0.39 is 15.3 Å². The molecule has 11 heteroatoms. The van der Waals surface area contributed by atoms with Gasteiger partial charge < -0.3 is 9.47 Å². The molecule has 0 saturated carbocycles. The lowest BCUT2D eigenvalue weighted by atomic mass is 10.6. The van der Waals surface area contributed by atoms with Gasteiger partial charge in [0.25, 0.3) is 0 Å². The van der Waals surface area contributed by atoms with Crippen LogP contribution in [0.1, 0.15) is 0 Å². The van der Waals surface area contributed by atoms with Gasteiger partial charge in [-0.15, -0.1) is 0 Å². The smallest absolute Gasteiger partial charge is 0.338 e. The predicted molar refractivity (Wildman–Crippen MR) is 66.8 cm³/mol. The molecule has 9 nitrogen and oxygen atoms in total. The highest BCUT2D eigenvalue weighted by Gasteiger charge is 2.20. The third kappa shape index (κ3) is 4.41. The Bertz CT molecular complexity index is 556. The van der Waals surface area contributed by atoms with Gasteiger partial charge in [-0.05, 0) is 0 Å². The van der Waals surface area contributed by atoms with Crippen LogP contribution in [0.4, 0.5) is 10.7 Å². The Balaban J connectivity index is 3.04. The molecule has 1 aromatic rings. The lowest BCUT2D eigenvalue weighted by Crippen LogP contribution is -2.39. The second-order valence-corrected chi connectivity index (χ2v) is 5.46. The van der Waals surface area contributed by atoms with E-state index >= 15 is 0 Å². The Morgan fingerprint density at radius 1 is 1.32 bits per heavy atom. The molecule has 0 aromatic carbocycles. The standard InChI is InChI=1S/C8H11ClN4O5S/c1-13(8(14)12-19(9,15)16)7-10-5(17-2)4-6(11-7)18-3/h4H,1-3H3,(H,12,14). The normalized spacial score (nSPS) is 10.7. The van der Waals surface area contributed by atoms with E-state index in [2.05, 4.69) is 9.97 Å². The Labute approximate surface area is 114 Å². The zero-order chi connectivity index (χ0) is 14.6. The number of methoxy groups -OCH3 is 2. The number of carbonyl (C=O) groups is 1. The van der Waals surface area contributed by atoms with Crippen LogP contribution in [0.2, 0.25) is 0 Å². The summed E-state index contributed by atoms with van der Waals surface area (Å²) in [6.45, 7) is 0. The summed E-state index contributed by atoms with van der Waals surface area (Å²) in [7, 11) is 4.70. The van der Waals surface area contributed by atoms with Crippen molar-refractivity contribution < 1.29 is 22.7 Å². The molecular weight excluding hydrogens is 300 g/mol. The average molecular weight is 311 g/mol. The molecule has 19 heavy (non-hydrogen) atoms. The molecule has 0 atom stereocenters. The number of hydrogen-bond acceptors (Lipinski definition) is 7. The molecule has 1 heterocycles. The first-order valence-electron chi connectivity index (χ1n) is 4.74. The highest BCUT2D eigenvalue weighted by Crippen LogP contribution is 2.19. The van der Waals surface area contributed by atoms with Crippen LogP contribution in [0.5, 0.6) is 11.8 Å². The largest absolute Gasteiger partial charge is 0.481 e. The van der Waals surface area contributed by atoms with Gasteiger partial charge in [-0.3, -0.25) is 4.90 Å². The quantitative estimate of drug-likeness (QED) is 0.786. The third-order valence-electron chi connectivity index (χ3n) is 1.90. The first-order chi connectivity index (χ1) is 8.76. The van der Waals surface area contributed by atoms with Crippen LogP contribution in [0.15, 0.2) is 6.07 Å². The van der Waals surface area contributed by atoms with Gasteiger partial charge in [0.1, 0.15) is 0 Å². The summed E-state index contributed by atoms with van der Waals surface area (Å²) >= 11 is 0. The maximum absolute atomic E-state index is 11.5. The van der Waals surface area contributed by atoms with E-state index in [1.54, 1.807) is 4.72 Å². The topological polar surface area (TPSA) is 111 Å². The first-order valence-corrected chi connectivity index (χ1v) is 7.05. The van der Waals surface area contributed by atoms with Gasteiger partial charge in [0.2, 0.25) is 17.7 Å².